The van der Waals surface area contributed by atoms with Crippen LogP contribution in [-0.4, -0.2) is 42.3 Å². The molecule has 0 aliphatic heterocycles. The Balaban J connectivity index is 1.60. The normalized spacial score (nSPS) is 10.9. The molecule has 0 radical (unpaired) electrons. The molecule has 0 amide bonds. The zero-order valence-electron chi connectivity index (χ0n) is 22.4. The van der Waals surface area contributed by atoms with Gasteiger partial charge in [-0.05, 0) is 92.5 Å². The summed E-state index contributed by atoms with van der Waals surface area (Å²) in [5.74, 6) is -1.09. The van der Waals surface area contributed by atoms with Gasteiger partial charge >= 0.3 is 11.9 Å². The lowest BCUT2D eigenvalue weighted by Gasteiger charge is -2.13. The first-order chi connectivity index (χ1) is 18.9. The fraction of sp³-hybridized carbons (Fsp3) is 0.281. The summed E-state index contributed by atoms with van der Waals surface area (Å²) in [6, 6.07) is 19.9. The first-order valence-corrected chi connectivity index (χ1v) is 14.2. The first-order valence-electron chi connectivity index (χ1n) is 13.0. The Kier molecular flexibility index (Phi) is 11.8. The molecule has 3 rings (SSSR count). The molecular formula is C32H34O6S. The quantitative estimate of drug-likeness (QED) is 0.0941. The van der Waals surface area contributed by atoms with Crippen LogP contribution in [0.15, 0.2) is 77.7 Å². The van der Waals surface area contributed by atoms with Gasteiger partial charge in [0.1, 0.15) is 5.75 Å². The summed E-state index contributed by atoms with van der Waals surface area (Å²) < 4.78 is 11.0. The van der Waals surface area contributed by atoms with E-state index in [1.165, 1.54) is 16.5 Å². The standard InChI is InChI=1S/C32H34O6S/c1-3-37-32(36)27-11-8-10-25(22-27)31(35)26-14-18-29(24(21-26)15-19-30(33)34)38-20-7-5-4-6-9-23-12-16-28(39-2)17-13-23/h6,8-14,16-18,21-22H,3-5,7,15,19-20H2,1-2H3,(H,33,34). The number of allylic oxidation sites excluding steroid dienone is 1. The molecule has 3 aromatic carbocycles. The predicted octanol–water partition coefficient (Wildman–Crippen LogP) is 7.10. The van der Waals surface area contributed by atoms with E-state index in [0.29, 0.717) is 34.6 Å². The smallest absolute Gasteiger partial charge is 0.338 e. The lowest BCUT2D eigenvalue weighted by molar-refractivity contribution is -0.136. The van der Waals surface area contributed by atoms with E-state index in [1.807, 2.05) is 0 Å². The van der Waals surface area contributed by atoms with Crippen molar-refractivity contribution in [2.75, 3.05) is 19.5 Å². The number of hydrogen-bond acceptors (Lipinski definition) is 6. The molecule has 0 unspecified atom stereocenters. The highest BCUT2D eigenvalue weighted by Crippen LogP contribution is 2.24. The highest BCUT2D eigenvalue weighted by molar-refractivity contribution is 7.98. The molecule has 39 heavy (non-hydrogen) atoms. The van der Waals surface area contributed by atoms with Crippen molar-refractivity contribution < 1.29 is 29.0 Å². The third kappa shape index (κ3) is 9.45. The molecule has 6 nitrogen and oxygen atoms in total. The van der Waals surface area contributed by atoms with E-state index in [4.69, 9.17) is 9.47 Å². The molecule has 0 aliphatic rings. The van der Waals surface area contributed by atoms with Crippen molar-refractivity contribution in [1.29, 1.82) is 0 Å². The average molecular weight is 547 g/mol. The van der Waals surface area contributed by atoms with Crippen molar-refractivity contribution in [3.05, 3.63) is 101 Å². The number of carbonyl (C=O) groups excluding carboxylic acids is 2. The fourth-order valence-electron chi connectivity index (χ4n) is 3.95. The van der Waals surface area contributed by atoms with Crippen molar-refractivity contribution in [2.45, 2.75) is 43.9 Å². The minimum absolute atomic E-state index is 0.0743. The number of aryl methyl sites for hydroxylation is 1. The van der Waals surface area contributed by atoms with Gasteiger partial charge in [-0.25, -0.2) is 4.79 Å². The summed E-state index contributed by atoms with van der Waals surface area (Å²) in [6.07, 6.45) is 9.23. The number of ketones is 1. The van der Waals surface area contributed by atoms with E-state index in [9.17, 15) is 19.5 Å². The number of esters is 1. The van der Waals surface area contributed by atoms with Gasteiger partial charge < -0.3 is 14.6 Å². The molecule has 1 N–H and O–H groups in total. The molecule has 0 fully saturated rings. The van der Waals surface area contributed by atoms with Crippen molar-refractivity contribution in [3.63, 3.8) is 0 Å². The molecule has 3 aromatic rings. The van der Waals surface area contributed by atoms with Crippen LogP contribution in [0.5, 0.6) is 5.75 Å². The molecule has 0 heterocycles. The summed E-state index contributed by atoms with van der Waals surface area (Å²) in [4.78, 5) is 37.7. The molecule has 0 aliphatic carbocycles. The Morgan fingerprint density at radius 2 is 1.67 bits per heavy atom. The second-order valence-electron chi connectivity index (χ2n) is 8.87. The van der Waals surface area contributed by atoms with Crippen LogP contribution >= 0.6 is 11.8 Å². The molecule has 0 saturated carbocycles. The monoisotopic (exact) mass is 546 g/mol. The van der Waals surface area contributed by atoms with Crippen molar-refractivity contribution in [2.24, 2.45) is 0 Å². The van der Waals surface area contributed by atoms with Crippen molar-refractivity contribution >= 4 is 35.6 Å². The van der Waals surface area contributed by atoms with Gasteiger partial charge in [-0.3, -0.25) is 9.59 Å². The lowest BCUT2D eigenvalue weighted by atomic mass is 9.98. The number of rotatable bonds is 15. The molecule has 0 aromatic heterocycles. The van der Waals surface area contributed by atoms with Gasteiger partial charge in [-0.1, -0.05) is 36.4 Å². The van der Waals surface area contributed by atoms with Gasteiger partial charge in [0.25, 0.3) is 0 Å². The first kappa shape index (κ1) is 29.7. The fourth-order valence-corrected chi connectivity index (χ4v) is 4.36. The Labute approximate surface area is 234 Å². The number of carbonyl (C=O) groups is 3. The zero-order chi connectivity index (χ0) is 28.0. The topological polar surface area (TPSA) is 89.9 Å². The van der Waals surface area contributed by atoms with E-state index < -0.39 is 11.9 Å². The number of unbranched alkanes of at least 4 members (excludes halogenated alkanes) is 2. The van der Waals surface area contributed by atoms with Crippen LogP contribution in [0.2, 0.25) is 0 Å². The average Bonchev–Trinajstić information content (AvgIpc) is 2.96. The third-order valence-electron chi connectivity index (χ3n) is 6.02. The molecule has 0 saturated heterocycles. The highest BCUT2D eigenvalue weighted by Gasteiger charge is 2.16. The lowest BCUT2D eigenvalue weighted by Crippen LogP contribution is -2.09. The minimum Gasteiger partial charge on any atom is -0.493 e. The SMILES string of the molecule is CCOC(=O)c1cccc(C(=O)c2ccc(OCCCCC=Cc3ccc(SC)cc3)c(CCC(=O)O)c2)c1. The molecule has 0 atom stereocenters. The maximum atomic E-state index is 13.2. The van der Waals surface area contributed by atoms with Crippen LogP contribution in [-0.2, 0) is 16.0 Å². The summed E-state index contributed by atoms with van der Waals surface area (Å²) in [5, 5.41) is 9.19. The Bertz CT molecular complexity index is 1300. The molecule has 0 spiro atoms. The number of carboxylic acids is 1. The van der Waals surface area contributed by atoms with E-state index in [-0.39, 0.29) is 25.2 Å². The maximum Gasteiger partial charge on any atom is 0.338 e. The van der Waals surface area contributed by atoms with Gasteiger partial charge in [-0.15, -0.1) is 11.8 Å². The second-order valence-corrected chi connectivity index (χ2v) is 9.75. The van der Waals surface area contributed by atoms with Crippen LogP contribution in [0, 0.1) is 0 Å². The van der Waals surface area contributed by atoms with Gasteiger partial charge in [0.05, 0.1) is 18.8 Å². The summed E-state index contributed by atoms with van der Waals surface area (Å²) in [5.41, 5.74) is 2.90. The summed E-state index contributed by atoms with van der Waals surface area (Å²) in [6.45, 7) is 2.46. The zero-order valence-corrected chi connectivity index (χ0v) is 23.2. The van der Waals surface area contributed by atoms with E-state index >= 15 is 0 Å². The molecule has 7 heteroatoms. The van der Waals surface area contributed by atoms with Crippen LogP contribution in [0.1, 0.15) is 70.0 Å². The van der Waals surface area contributed by atoms with Crippen molar-refractivity contribution in [3.8, 4) is 5.75 Å². The maximum absolute atomic E-state index is 13.2. The highest BCUT2D eigenvalue weighted by atomic mass is 32.2. The number of benzene rings is 3. The van der Waals surface area contributed by atoms with Crippen LogP contribution in [0.4, 0.5) is 0 Å². The number of ether oxygens (including phenoxy) is 2. The Morgan fingerprint density at radius 1 is 0.923 bits per heavy atom. The summed E-state index contributed by atoms with van der Waals surface area (Å²) >= 11 is 1.72. The van der Waals surface area contributed by atoms with E-state index in [2.05, 4.69) is 42.7 Å². The van der Waals surface area contributed by atoms with E-state index in [0.717, 1.165) is 19.3 Å². The van der Waals surface area contributed by atoms with Crippen LogP contribution in [0.3, 0.4) is 0 Å². The van der Waals surface area contributed by atoms with Crippen molar-refractivity contribution in [1.82, 2.24) is 0 Å². The Morgan fingerprint density at radius 3 is 2.38 bits per heavy atom. The van der Waals surface area contributed by atoms with Gasteiger partial charge in [0, 0.05) is 22.4 Å². The van der Waals surface area contributed by atoms with Crippen LogP contribution in [0.25, 0.3) is 6.08 Å². The van der Waals surface area contributed by atoms with E-state index in [1.54, 1.807) is 55.1 Å². The van der Waals surface area contributed by atoms with Crippen LogP contribution < -0.4 is 4.74 Å². The number of thioether (sulfide) groups is 1. The van der Waals surface area contributed by atoms with Gasteiger partial charge in [-0.2, -0.15) is 0 Å². The second kappa shape index (κ2) is 15.5. The third-order valence-corrected chi connectivity index (χ3v) is 6.76. The van der Waals surface area contributed by atoms with Gasteiger partial charge in [0.15, 0.2) is 5.78 Å². The molecular weight excluding hydrogens is 512 g/mol. The molecule has 0 bridgehead atoms. The Hall–Kier alpha value is -3.84. The summed E-state index contributed by atoms with van der Waals surface area (Å²) in [7, 11) is 0. The van der Waals surface area contributed by atoms with Gasteiger partial charge in [0.2, 0.25) is 0 Å². The molecule has 204 valence electrons. The largest absolute Gasteiger partial charge is 0.493 e. The number of hydrogen-bond donors (Lipinski definition) is 1. The number of aliphatic carboxylic acids is 1. The number of carboxylic acid groups (broad SMARTS) is 1. The predicted molar refractivity (Wildman–Crippen MR) is 155 cm³/mol. The minimum atomic E-state index is -0.922.